The molecule has 3 rings (SSSR count). The van der Waals surface area contributed by atoms with Crippen LogP contribution in [0.1, 0.15) is 33.7 Å². The van der Waals surface area contributed by atoms with E-state index in [1.165, 1.54) is 23.7 Å². The first-order valence-electron chi connectivity index (χ1n) is 7.34. The zero-order valence-corrected chi connectivity index (χ0v) is 13.3. The summed E-state index contributed by atoms with van der Waals surface area (Å²) in [5.41, 5.74) is 6.57. The second-order valence-corrected chi connectivity index (χ2v) is 6.12. The average molecular weight is 331 g/mol. The van der Waals surface area contributed by atoms with Crippen LogP contribution < -0.4 is 11.1 Å². The van der Waals surface area contributed by atoms with Crippen molar-refractivity contribution < 1.29 is 9.59 Å². The number of hydrogen-bond donors (Lipinski definition) is 2. The van der Waals surface area contributed by atoms with Gasteiger partial charge in [-0.2, -0.15) is 11.3 Å². The molecule has 23 heavy (non-hydrogen) atoms. The summed E-state index contributed by atoms with van der Waals surface area (Å²) < 4.78 is 0. The fraction of sp³-hybridized carbons (Fsp3) is 0.333. The second kappa shape index (κ2) is 6.74. The average Bonchev–Trinajstić information content (AvgIpc) is 3.10. The summed E-state index contributed by atoms with van der Waals surface area (Å²) in [6, 6.07) is 1.88. The first-order valence-corrected chi connectivity index (χ1v) is 8.28. The normalized spacial score (nSPS) is 15.4. The van der Waals surface area contributed by atoms with E-state index in [0.717, 1.165) is 0 Å². The Hall–Kier alpha value is -2.48. The van der Waals surface area contributed by atoms with Crippen molar-refractivity contribution in [3.05, 3.63) is 40.5 Å². The summed E-state index contributed by atoms with van der Waals surface area (Å²) in [6.45, 7) is 1.12. The van der Waals surface area contributed by atoms with E-state index in [9.17, 15) is 9.59 Å². The van der Waals surface area contributed by atoms with Gasteiger partial charge in [0.2, 0.25) is 0 Å². The third-order valence-corrected chi connectivity index (χ3v) is 4.51. The van der Waals surface area contributed by atoms with Crippen molar-refractivity contribution in [2.75, 3.05) is 18.8 Å². The molecular formula is C15H17N5O2S. The van der Waals surface area contributed by atoms with Gasteiger partial charge in [0.05, 0.1) is 0 Å². The lowest BCUT2D eigenvalue weighted by Gasteiger charge is -2.32. The minimum atomic E-state index is -0.210. The third kappa shape index (κ3) is 3.48. The molecule has 0 saturated carbocycles. The van der Waals surface area contributed by atoms with E-state index in [1.807, 2.05) is 10.8 Å². The lowest BCUT2D eigenvalue weighted by molar-refractivity contribution is 0.0693. The molecule has 0 aromatic carbocycles. The zero-order valence-electron chi connectivity index (χ0n) is 12.4. The summed E-state index contributed by atoms with van der Waals surface area (Å²) in [7, 11) is 0. The summed E-state index contributed by atoms with van der Waals surface area (Å²) in [6.07, 6.45) is 4.33. The Kier molecular flexibility index (Phi) is 4.52. The van der Waals surface area contributed by atoms with Gasteiger partial charge in [-0.15, -0.1) is 0 Å². The maximum Gasteiger partial charge on any atom is 0.276 e. The highest BCUT2D eigenvalue weighted by molar-refractivity contribution is 7.08. The number of likely N-dealkylation sites (tertiary alicyclic amines) is 1. The molecule has 1 fully saturated rings. The number of piperidine rings is 1. The fourth-order valence-corrected chi connectivity index (χ4v) is 3.19. The van der Waals surface area contributed by atoms with Crippen LogP contribution in [-0.4, -0.2) is 45.8 Å². The molecule has 120 valence electrons. The molecule has 2 aromatic heterocycles. The topological polar surface area (TPSA) is 101 Å². The number of nitrogen functional groups attached to an aromatic ring is 1. The molecule has 0 spiro atoms. The number of thiophene rings is 1. The van der Waals surface area contributed by atoms with Crippen LogP contribution in [-0.2, 0) is 0 Å². The fourth-order valence-electron chi connectivity index (χ4n) is 2.55. The Bertz CT molecular complexity index is 696. The van der Waals surface area contributed by atoms with Crippen LogP contribution in [0.5, 0.6) is 0 Å². The first kappa shape index (κ1) is 15.4. The van der Waals surface area contributed by atoms with Gasteiger partial charge in [-0.25, -0.2) is 9.97 Å². The lowest BCUT2D eigenvalue weighted by Crippen LogP contribution is -2.46. The molecule has 8 heteroatoms. The van der Waals surface area contributed by atoms with Crippen LogP contribution >= 0.6 is 11.3 Å². The summed E-state index contributed by atoms with van der Waals surface area (Å²) >= 11 is 1.49. The van der Waals surface area contributed by atoms with E-state index < -0.39 is 0 Å². The van der Waals surface area contributed by atoms with Gasteiger partial charge >= 0.3 is 0 Å². The second-order valence-electron chi connectivity index (χ2n) is 5.34. The molecule has 2 aromatic rings. The van der Waals surface area contributed by atoms with Crippen LogP contribution in [0.3, 0.4) is 0 Å². The predicted octanol–water partition coefficient (Wildman–Crippen LogP) is 1.15. The van der Waals surface area contributed by atoms with Crippen LogP contribution in [0.4, 0.5) is 5.82 Å². The standard InChI is InChI=1S/C15H17N5O2S/c16-13-12(17-4-5-18-13)15(22)20-6-1-11(2-7-20)19-14(21)10-3-8-23-9-10/h3-5,8-9,11H,1-2,6-7H2,(H2,16,18)(H,19,21). The molecule has 0 atom stereocenters. The Balaban J connectivity index is 1.55. The van der Waals surface area contributed by atoms with Gasteiger partial charge in [0.1, 0.15) is 0 Å². The Morgan fingerprint density at radius 1 is 1.26 bits per heavy atom. The zero-order chi connectivity index (χ0) is 16.2. The van der Waals surface area contributed by atoms with Crippen molar-refractivity contribution in [1.82, 2.24) is 20.2 Å². The van der Waals surface area contributed by atoms with Gasteiger partial charge in [0.25, 0.3) is 11.8 Å². The smallest absolute Gasteiger partial charge is 0.276 e. The maximum atomic E-state index is 12.4. The van der Waals surface area contributed by atoms with Crippen LogP contribution in [0.15, 0.2) is 29.2 Å². The van der Waals surface area contributed by atoms with Gasteiger partial charge in [-0.1, -0.05) is 0 Å². The van der Waals surface area contributed by atoms with E-state index in [2.05, 4.69) is 15.3 Å². The number of rotatable bonds is 3. The number of nitrogens with two attached hydrogens (primary N) is 1. The predicted molar refractivity (Wildman–Crippen MR) is 87.2 cm³/mol. The van der Waals surface area contributed by atoms with Crippen molar-refractivity contribution in [3.8, 4) is 0 Å². The third-order valence-electron chi connectivity index (χ3n) is 3.83. The molecule has 1 aliphatic heterocycles. The molecule has 0 radical (unpaired) electrons. The highest BCUT2D eigenvalue weighted by atomic mass is 32.1. The minimum absolute atomic E-state index is 0.0609. The quantitative estimate of drug-likeness (QED) is 0.879. The monoisotopic (exact) mass is 331 g/mol. The van der Waals surface area contributed by atoms with E-state index in [4.69, 9.17) is 5.73 Å². The van der Waals surface area contributed by atoms with Crippen molar-refractivity contribution in [2.24, 2.45) is 0 Å². The van der Waals surface area contributed by atoms with Crippen molar-refractivity contribution in [1.29, 1.82) is 0 Å². The van der Waals surface area contributed by atoms with Crippen molar-refractivity contribution in [3.63, 3.8) is 0 Å². The minimum Gasteiger partial charge on any atom is -0.382 e. The van der Waals surface area contributed by atoms with E-state index in [-0.39, 0.29) is 29.4 Å². The summed E-state index contributed by atoms with van der Waals surface area (Å²) in [4.78, 5) is 34.0. The Morgan fingerprint density at radius 2 is 2.00 bits per heavy atom. The van der Waals surface area contributed by atoms with Gasteiger partial charge in [-0.3, -0.25) is 9.59 Å². The van der Waals surface area contributed by atoms with Crippen molar-refractivity contribution >= 4 is 29.0 Å². The largest absolute Gasteiger partial charge is 0.382 e. The Morgan fingerprint density at radius 3 is 2.65 bits per heavy atom. The number of nitrogens with zero attached hydrogens (tertiary/aromatic N) is 3. The van der Waals surface area contributed by atoms with Gasteiger partial charge < -0.3 is 16.0 Å². The first-order chi connectivity index (χ1) is 11.1. The van der Waals surface area contributed by atoms with Gasteiger partial charge in [0.15, 0.2) is 11.5 Å². The molecule has 3 N–H and O–H groups in total. The molecule has 2 amide bonds. The number of nitrogens with one attached hydrogen (secondary N) is 1. The van der Waals surface area contributed by atoms with Gasteiger partial charge in [0, 0.05) is 42.5 Å². The van der Waals surface area contributed by atoms with Gasteiger partial charge in [-0.05, 0) is 24.3 Å². The van der Waals surface area contributed by atoms with E-state index in [1.54, 1.807) is 11.0 Å². The number of amides is 2. The lowest BCUT2D eigenvalue weighted by atomic mass is 10.0. The molecule has 0 bridgehead atoms. The highest BCUT2D eigenvalue weighted by Gasteiger charge is 2.26. The number of aromatic nitrogens is 2. The van der Waals surface area contributed by atoms with Crippen LogP contribution in [0, 0.1) is 0 Å². The number of carbonyl (C=O) groups is 2. The molecule has 0 aliphatic carbocycles. The molecule has 1 aliphatic rings. The maximum absolute atomic E-state index is 12.4. The Labute approximate surface area is 137 Å². The van der Waals surface area contributed by atoms with Crippen molar-refractivity contribution in [2.45, 2.75) is 18.9 Å². The number of hydrogen-bond acceptors (Lipinski definition) is 6. The number of carbonyl (C=O) groups excluding carboxylic acids is 2. The molecule has 0 unspecified atom stereocenters. The molecule has 7 nitrogen and oxygen atoms in total. The SMILES string of the molecule is Nc1nccnc1C(=O)N1CCC(NC(=O)c2ccsc2)CC1. The molecular weight excluding hydrogens is 314 g/mol. The highest BCUT2D eigenvalue weighted by Crippen LogP contribution is 2.16. The molecule has 3 heterocycles. The van der Waals surface area contributed by atoms with Crippen LogP contribution in [0.25, 0.3) is 0 Å². The number of anilines is 1. The van der Waals surface area contributed by atoms with Crippen LogP contribution in [0.2, 0.25) is 0 Å². The summed E-state index contributed by atoms with van der Waals surface area (Å²) in [5, 5.41) is 6.71. The van der Waals surface area contributed by atoms with E-state index in [0.29, 0.717) is 31.5 Å². The van der Waals surface area contributed by atoms with E-state index >= 15 is 0 Å². The summed E-state index contributed by atoms with van der Waals surface area (Å²) in [5.74, 6) is -0.127. The molecule has 1 saturated heterocycles.